The molecule has 2 aromatic rings. The lowest BCUT2D eigenvalue weighted by Crippen LogP contribution is -2.04. The van der Waals surface area contributed by atoms with Crippen LogP contribution < -0.4 is 15.8 Å². The van der Waals surface area contributed by atoms with Crippen LogP contribution in [-0.4, -0.2) is 11.7 Å². The molecule has 20 heavy (non-hydrogen) atoms. The van der Waals surface area contributed by atoms with Crippen LogP contribution in [0.1, 0.15) is 18.1 Å². The van der Waals surface area contributed by atoms with Gasteiger partial charge in [0.05, 0.1) is 24.6 Å². The molecule has 2 aromatic carbocycles. The molecule has 0 unspecified atom stereocenters. The van der Waals surface area contributed by atoms with Crippen molar-refractivity contribution in [2.24, 2.45) is 0 Å². The van der Waals surface area contributed by atoms with Gasteiger partial charge in [0.25, 0.3) is 0 Å². The number of aliphatic hydroxyl groups is 1. The maximum atomic E-state index is 9.01. The molecule has 4 nitrogen and oxygen atoms in total. The van der Waals surface area contributed by atoms with Crippen LogP contribution in [0.15, 0.2) is 42.5 Å². The van der Waals surface area contributed by atoms with Gasteiger partial charge in [0.15, 0.2) is 0 Å². The van der Waals surface area contributed by atoms with Gasteiger partial charge < -0.3 is 20.9 Å². The number of hydrogen-bond donors (Lipinski definition) is 3. The summed E-state index contributed by atoms with van der Waals surface area (Å²) in [4.78, 5) is 0. The highest BCUT2D eigenvalue weighted by Gasteiger charge is 2.05. The van der Waals surface area contributed by atoms with Crippen molar-refractivity contribution in [1.29, 1.82) is 0 Å². The van der Waals surface area contributed by atoms with Crippen LogP contribution >= 0.6 is 0 Å². The Bertz CT molecular complexity index is 553. The van der Waals surface area contributed by atoms with Crippen molar-refractivity contribution >= 4 is 11.4 Å². The fraction of sp³-hybridized carbons (Fsp3) is 0.250. The van der Waals surface area contributed by atoms with Crippen LogP contribution in [0.4, 0.5) is 11.4 Å². The number of nitrogens with one attached hydrogen (secondary N) is 1. The molecule has 106 valence electrons. The van der Waals surface area contributed by atoms with Crippen molar-refractivity contribution in [3.63, 3.8) is 0 Å². The summed E-state index contributed by atoms with van der Waals surface area (Å²) in [6.45, 7) is 3.26. The van der Waals surface area contributed by atoms with Gasteiger partial charge in [0.1, 0.15) is 5.75 Å². The number of nitrogen functional groups attached to an aromatic ring is 1. The highest BCUT2D eigenvalue weighted by molar-refractivity contribution is 5.72. The second kappa shape index (κ2) is 6.82. The number of ether oxygens (including phenoxy) is 1. The van der Waals surface area contributed by atoms with E-state index in [2.05, 4.69) is 5.32 Å². The van der Waals surface area contributed by atoms with Crippen LogP contribution in [0.3, 0.4) is 0 Å². The zero-order valence-corrected chi connectivity index (χ0v) is 11.6. The predicted molar refractivity (Wildman–Crippen MR) is 81.7 cm³/mol. The number of para-hydroxylation sites is 1. The van der Waals surface area contributed by atoms with Gasteiger partial charge in [0.2, 0.25) is 0 Å². The molecular weight excluding hydrogens is 252 g/mol. The molecule has 4 N–H and O–H groups in total. The Balaban J connectivity index is 2.04. The quantitative estimate of drug-likeness (QED) is 0.707. The summed E-state index contributed by atoms with van der Waals surface area (Å²) in [5.74, 6) is 0.702. The molecule has 0 saturated carbocycles. The number of rotatable bonds is 6. The number of aliphatic hydroxyl groups excluding tert-OH is 1. The average Bonchev–Trinajstić information content (AvgIpc) is 2.49. The summed E-state index contributed by atoms with van der Waals surface area (Å²) < 4.78 is 5.47. The molecule has 2 rings (SSSR count). The highest BCUT2D eigenvalue weighted by atomic mass is 16.5. The molecule has 0 aliphatic heterocycles. The molecule has 0 radical (unpaired) electrons. The highest BCUT2D eigenvalue weighted by Crippen LogP contribution is 2.29. The maximum Gasteiger partial charge on any atom is 0.144 e. The third-order valence-electron chi connectivity index (χ3n) is 3.05. The first-order valence-corrected chi connectivity index (χ1v) is 6.68. The van der Waals surface area contributed by atoms with E-state index in [4.69, 9.17) is 15.6 Å². The van der Waals surface area contributed by atoms with Crippen molar-refractivity contribution in [1.82, 2.24) is 0 Å². The van der Waals surface area contributed by atoms with Gasteiger partial charge in [-0.15, -0.1) is 0 Å². The number of anilines is 2. The lowest BCUT2D eigenvalue weighted by molar-refractivity contribution is 0.282. The molecule has 4 heteroatoms. The van der Waals surface area contributed by atoms with Crippen molar-refractivity contribution in [2.45, 2.75) is 20.1 Å². The first-order chi connectivity index (χ1) is 9.74. The van der Waals surface area contributed by atoms with Crippen LogP contribution in [0.2, 0.25) is 0 Å². The van der Waals surface area contributed by atoms with Crippen molar-refractivity contribution in [2.75, 3.05) is 17.7 Å². The van der Waals surface area contributed by atoms with Gasteiger partial charge in [-0.25, -0.2) is 0 Å². The Kier molecular flexibility index (Phi) is 4.85. The van der Waals surface area contributed by atoms with E-state index < -0.39 is 0 Å². The van der Waals surface area contributed by atoms with Gasteiger partial charge in [0, 0.05) is 6.54 Å². The van der Waals surface area contributed by atoms with Gasteiger partial charge in [-0.05, 0) is 30.2 Å². The van der Waals surface area contributed by atoms with E-state index in [0.717, 1.165) is 16.8 Å². The largest absolute Gasteiger partial charge is 0.492 e. The standard InChI is InChI=1S/C16H20N2O2/c1-2-20-15-5-3-4-14(16(15)17)18-10-12-6-8-13(11-19)9-7-12/h3-9,18-19H,2,10-11,17H2,1H3. The molecule has 0 aliphatic carbocycles. The normalized spacial score (nSPS) is 10.3. The molecule has 0 aliphatic rings. The molecule has 0 fully saturated rings. The second-order valence-corrected chi connectivity index (χ2v) is 4.48. The van der Waals surface area contributed by atoms with Gasteiger partial charge in [-0.1, -0.05) is 30.3 Å². The van der Waals surface area contributed by atoms with E-state index in [1.54, 1.807) is 0 Å². The Morgan fingerprint density at radius 3 is 2.45 bits per heavy atom. The Labute approximate surface area is 119 Å². The van der Waals surface area contributed by atoms with Crippen LogP contribution in [-0.2, 0) is 13.2 Å². The van der Waals surface area contributed by atoms with Crippen LogP contribution in [0.25, 0.3) is 0 Å². The third kappa shape index (κ3) is 3.42. The first kappa shape index (κ1) is 14.2. The smallest absolute Gasteiger partial charge is 0.144 e. The van der Waals surface area contributed by atoms with Crippen LogP contribution in [0, 0.1) is 0 Å². The minimum atomic E-state index is 0.0665. The second-order valence-electron chi connectivity index (χ2n) is 4.48. The Hall–Kier alpha value is -2.20. The lowest BCUT2D eigenvalue weighted by atomic mass is 10.1. The summed E-state index contributed by atoms with van der Waals surface area (Å²) in [5.41, 5.74) is 9.59. The third-order valence-corrected chi connectivity index (χ3v) is 3.05. The molecule has 0 heterocycles. The summed E-state index contributed by atoms with van der Waals surface area (Å²) in [5, 5.41) is 12.3. The first-order valence-electron chi connectivity index (χ1n) is 6.68. The number of hydrogen-bond acceptors (Lipinski definition) is 4. The van der Waals surface area contributed by atoms with E-state index in [1.165, 1.54) is 0 Å². The zero-order chi connectivity index (χ0) is 14.4. The van der Waals surface area contributed by atoms with E-state index in [9.17, 15) is 0 Å². The van der Waals surface area contributed by atoms with E-state index in [0.29, 0.717) is 24.6 Å². The van der Waals surface area contributed by atoms with Gasteiger partial charge in [-0.2, -0.15) is 0 Å². The van der Waals surface area contributed by atoms with Crippen LogP contribution in [0.5, 0.6) is 5.75 Å². The average molecular weight is 272 g/mol. The molecule has 0 amide bonds. The minimum Gasteiger partial charge on any atom is -0.492 e. The van der Waals surface area contributed by atoms with E-state index in [1.807, 2.05) is 49.4 Å². The molecule has 0 aromatic heterocycles. The SMILES string of the molecule is CCOc1cccc(NCc2ccc(CO)cc2)c1N. The van der Waals surface area contributed by atoms with Gasteiger partial charge in [-0.3, -0.25) is 0 Å². The summed E-state index contributed by atoms with van der Waals surface area (Å²) >= 11 is 0. The summed E-state index contributed by atoms with van der Waals surface area (Å²) in [6.07, 6.45) is 0. The van der Waals surface area contributed by atoms with Crippen molar-refractivity contribution in [3.8, 4) is 5.75 Å². The Morgan fingerprint density at radius 1 is 1.10 bits per heavy atom. The van der Waals surface area contributed by atoms with Gasteiger partial charge >= 0.3 is 0 Å². The molecule has 0 bridgehead atoms. The fourth-order valence-corrected chi connectivity index (χ4v) is 1.94. The van der Waals surface area contributed by atoms with Crippen molar-refractivity contribution < 1.29 is 9.84 Å². The molecule has 0 saturated heterocycles. The monoisotopic (exact) mass is 272 g/mol. The number of nitrogens with two attached hydrogens (primary N) is 1. The summed E-state index contributed by atoms with van der Waals surface area (Å²) in [6, 6.07) is 13.5. The topological polar surface area (TPSA) is 67.5 Å². The summed E-state index contributed by atoms with van der Waals surface area (Å²) in [7, 11) is 0. The molecule has 0 spiro atoms. The van der Waals surface area contributed by atoms with Crippen molar-refractivity contribution in [3.05, 3.63) is 53.6 Å². The lowest BCUT2D eigenvalue weighted by Gasteiger charge is -2.13. The predicted octanol–water partition coefficient (Wildman–Crippen LogP) is 2.77. The number of benzene rings is 2. The van der Waals surface area contributed by atoms with E-state index >= 15 is 0 Å². The fourth-order valence-electron chi connectivity index (χ4n) is 1.94. The zero-order valence-electron chi connectivity index (χ0n) is 11.6. The van der Waals surface area contributed by atoms with E-state index in [-0.39, 0.29) is 6.61 Å². The molecule has 0 atom stereocenters. The Morgan fingerprint density at radius 2 is 1.80 bits per heavy atom. The molecular formula is C16H20N2O2. The minimum absolute atomic E-state index is 0.0665. The maximum absolute atomic E-state index is 9.01.